The molecular formula is C23H22N2O3. The number of benzene rings is 2. The molecule has 0 radical (unpaired) electrons. The van der Waals surface area contributed by atoms with Gasteiger partial charge in [-0.2, -0.15) is 0 Å². The molecule has 1 saturated heterocycles. The Morgan fingerprint density at radius 2 is 1.79 bits per heavy atom. The van der Waals surface area contributed by atoms with Crippen molar-refractivity contribution in [3.8, 4) is 17.0 Å². The van der Waals surface area contributed by atoms with E-state index in [0.29, 0.717) is 28.7 Å². The molecular weight excluding hydrogens is 352 g/mol. The molecule has 2 aromatic carbocycles. The number of phenolic OH excluding ortho intramolecular Hbond substituents is 1. The Bertz CT molecular complexity index is 1040. The van der Waals surface area contributed by atoms with E-state index in [1.165, 1.54) is 6.07 Å². The second kappa shape index (κ2) is 7.43. The van der Waals surface area contributed by atoms with Crippen molar-refractivity contribution in [2.45, 2.75) is 19.8 Å². The number of amides is 1. The molecule has 5 heteroatoms. The van der Waals surface area contributed by atoms with Crippen LogP contribution in [0, 0.1) is 5.92 Å². The van der Waals surface area contributed by atoms with Crippen molar-refractivity contribution in [3.05, 3.63) is 59.7 Å². The molecule has 0 aliphatic carbocycles. The topological polar surface area (TPSA) is 70.5 Å². The number of aromatic hydroxyl groups is 1. The van der Waals surface area contributed by atoms with E-state index in [4.69, 9.17) is 0 Å². The average Bonchev–Trinajstić information content (AvgIpc) is 2.73. The third-order valence-corrected chi connectivity index (χ3v) is 5.51. The van der Waals surface area contributed by atoms with E-state index < -0.39 is 0 Å². The molecule has 3 aromatic rings. The van der Waals surface area contributed by atoms with Crippen molar-refractivity contribution >= 4 is 23.1 Å². The normalized spacial score (nSPS) is 15.0. The lowest BCUT2D eigenvalue weighted by molar-refractivity contribution is 0.0697. The van der Waals surface area contributed by atoms with Crippen LogP contribution < -0.4 is 0 Å². The molecule has 1 aromatic heterocycles. The summed E-state index contributed by atoms with van der Waals surface area (Å²) < 4.78 is 0. The van der Waals surface area contributed by atoms with Gasteiger partial charge in [0.15, 0.2) is 6.29 Å². The summed E-state index contributed by atoms with van der Waals surface area (Å²) in [5.74, 6) is 0.718. The number of aromatic nitrogens is 1. The SMILES string of the molecule is CC1CCN(C(=O)c2ccc(-c3ccc4c(C=O)c(O)ccc4n3)cc2)CC1. The Hall–Kier alpha value is -3.21. The molecule has 1 aliphatic rings. The number of hydrogen-bond donors (Lipinski definition) is 1. The fourth-order valence-corrected chi connectivity index (χ4v) is 3.68. The number of fused-ring (bicyclic) bond motifs is 1. The van der Waals surface area contributed by atoms with Crippen LogP contribution in [-0.4, -0.2) is 40.3 Å². The second-order valence-electron chi connectivity index (χ2n) is 7.43. The maximum absolute atomic E-state index is 12.7. The Morgan fingerprint density at radius 3 is 2.46 bits per heavy atom. The van der Waals surface area contributed by atoms with Crippen LogP contribution in [0.5, 0.6) is 5.75 Å². The molecule has 0 saturated carbocycles. The van der Waals surface area contributed by atoms with E-state index in [1.807, 2.05) is 35.2 Å². The number of pyridine rings is 1. The lowest BCUT2D eigenvalue weighted by Crippen LogP contribution is -2.37. The lowest BCUT2D eigenvalue weighted by atomic mass is 9.98. The number of carbonyl (C=O) groups is 2. The van der Waals surface area contributed by atoms with Crippen LogP contribution in [0.4, 0.5) is 0 Å². The van der Waals surface area contributed by atoms with Crippen LogP contribution in [0.15, 0.2) is 48.5 Å². The van der Waals surface area contributed by atoms with Gasteiger partial charge in [-0.05, 0) is 55.2 Å². The smallest absolute Gasteiger partial charge is 0.253 e. The van der Waals surface area contributed by atoms with E-state index in [9.17, 15) is 14.7 Å². The number of likely N-dealkylation sites (tertiary alicyclic amines) is 1. The minimum Gasteiger partial charge on any atom is -0.507 e. The number of phenols is 1. The van der Waals surface area contributed by atoms with Crippen LogP contribution in [0.2, 0.25) is 0 Å². The molecule has 0 atom stereocenters. The van der Waals surface area contributed by atoms with E-state index in [1.54, 1.807) is 12.1 Å². The number of piperidine rings is 1. The first-order chi connectivity index (χ1) is 13.6. The minimum atomic E-state index is -0.0491. The van der Waals surface area contributed by atoms with Gasteiger partial charge >= 0.3 is 0 Å². The van der Waals surface area contributed by atoms with Crippen molar-refractivity contribution < 1.29 is 14.7 Å². The van der Waals surface area contributed by atoms with Gasteiger partial charge in [-0.1, -0.05) is 19.1 Å². The summed E-state index contributed by atoms with van der Waals surface area (Å²) in [6.07, 6.45) is 2.76. The summed E-state index contributed by atoms with van der Waals surface area (Å²) >= 11 is 0. The molecule has 28 heavy (non-hydrogen) atoms. The van der Waals surface area contributed by atoms with Crippen LogP contribution >= 0.6 is 0 Å². The molecule has 5 nitrogen and oxygen atoms in total. The Balaban J connectivity index is 1.59. The van der Waals surface area contributed by atoms with E-state index in [2.05, 4.69) is 11.9 Å². The molecule has 2 heterocycles. The van der Waals surface area contributed by atoms with Crippen LogP contribution in [0.25, 0.3) is 22.2 Å². The quantitative estimate of drug-likeness (QED) is 0.694. The predicted molar refractivity (Wildman–Crippen MR) is 109 cm³/mol. The number of rotatable bonds is 3. The maximum atomic E-state index is 12.7. The highest BCUT2D eigenvalue weighted by Gasteiger charge is 2.21. The molecule has 4 rings (SSSR count). The number of aldehydes is 1. The standard InChI is InChI=1S/C23H22N2O3/c1-15-10-12-25(13-11-15)23(28)17-4-2-16(3-5-17)20-7-6-18-19(14-26)22(27)9-8-21(18)24-20/h2-9,14-15,27H,10-13H2,1H3. The lowest BCUT2D eigenvalue weighted by Gasteiger charge is -2.30. The van der Waals surface area contributed by atoms with Gasteiger partial charge in [0, 0.05) is 29.6 Å². The van der Waals surface area contributed by atoms with Crippen molar-refractivity contribution in [1.82, 2.24) is 9.88 Å². The van der Waals surface area contributed by atoms with Crippen LogP contribution in [-0.2, 0) is 0 Å². The zero-order valence-corrected chi connectivity index (χ0v) is 15.8. The van der Waals surface area contributed by atoms with Gasteiger partial charge in [0.1, 0.15) is 5.75 Å². The van der Waals surface area contributed by atoms with Gasteiger partial charge in [0.25, 0.3) is 5.91 Å². The van der Waals surface area contributed by atoms with Crippen molar-refractivity contribution in [3.63, 3.8) is 0 Å². The summed E-state index contributed by atoms with van der Waals surface area (Å²) in [4.78, 5) is 30.4. The van der Waals surface area contributed by atoms with E-state index >= 15 is 0 Å². The number of hydrogen-bond acceptors (Lipinski definition) is 4. The molecule has 1 amide bonds. The Morgan fingerprint density at radius 1 is 1.07 bits per heavy atom. The Kier molecular flexibility index (Phi) is 4.82. The maximum Gasteiger partial charge on any atom is 0.253 e. The highest BCUT2D eigenvalue weighted by molar-refractivity contribution is 6.00. The molecule has 1 fully saturated rings. The fraction of sp³-hybridized carbons (Fsp3) is 0.261. The first-order valence-corrected chi connectivity index (χ1v) is 9.54. The van der Waals surface area contributed by atoms with Crippen molar-refractivity contribution in [1.29, 1.82) is 0 Å². The summed E-state index contributed by atoms with van der Waals surface area (Å²) in [5.41, 5.74) is 3.22. The molecule has 0 unspecified atom stereocenters. The third-order valence-electron chi connectivity index (χ3n) is 5.51. The minimum absolute atomic E-state index is 0.0491. The summed E-state index contributed by atoms with van der Waals surface area (Å²) in [7, 11) is 0. The van der Waals surface area contributed by atoms with Gasteiger partial charge in [-0.25, -0.2) is 4.98 Å². The monoisotopic (exact) mass is 374 g/mol. The van der Waals surface area contributed by atoms with Crippen molar-refractivity contribution in [2.75, 3.05) is 13.1 Å². The molecule has 0 spiro atoms. The summed E-state index contributed by atoms with van der Waals surface area (Å²) in [6.45, 7) is 3.87. The van der Waals surface area contributed by atoms with E-state index in [-0.39, 0.29) is 17.2 Å². The van der Waals surface area contributed by atoms with Gasteiger partial charge in [-0.3, -0.25) is 9.59 Å². The van der Waals surface area contributed by atoms with Gasteiger partial charge < -0.3 is 10.0 Å². The first-order valence-electron chi connectivity index (χ1n) is 9.54. The summed E-state index contributed by atoms with van der Waals surface area (Å²) in [6, 6.07) is 14.3. The predicted octanol–water partition coefficient (Wildman–Crippen LogP) is 4.29. The molecule has 1 N–H and O–H groups in total. The Labute approximate surface area is 163 Å². The average molecular weight is 374 g/mol. The van der Waals surface area contributed by atoms with Crippen LogP contribution in [0.3, 0.4) is 0 Å². The van der Waals surface area contributed by atoms with Crippen molar-refractivity contribution in [2.24, 2.45) is 5.92 Å². The highest BCUT2D eigenvalue weighted by Crippen LogP contribution is 2.28. The van der Waals surface area contributed by atoms with E-state index in [0.717, 1.165) is 37.2 Å². The third kappa shape index (κ3) is 3.36. The molecule has 0 bridgehead atoms. The zero-order chi connectivity index (χ0) is 19.7. The molecule has 142 valence electrons. The fourth-order valence-electron chi connectivity index (χ4n) is 3.68. The van der Waals surface area contributed by atoms with Gasteiger partial charge in [0.2, 0.25) is 0 Å². The number of nitrogens with zero attached hydrogens (tertiary/aromatic N) is 2. The highest BCUT2D eigenvalue weighted by atomic mass is 16.3. The van der Waals surface area contributed by atoms with Gasteiger partial charge in [-0.15, -0.1) is 0 Å². The first kappa shape index (κ1) is 18.2. The second-order valence-corrected chi connectivity index (χ2v) is 7.43. The van der Waals surface area contributed by atoms with Crippen LogP contribution in [0.1, 0.15) is 40.5 Å². The zero-order valence-electron chi connectivity index (χ0n) is 15.8. The van der Waals surface area contributed by atoms with Gasteiger partial charge in [0.05, 0.1) is 16.8 Å². The number of carbonyl (C=O) groups excluding carboxylic acids is 2. The molecule has 1 aliphatic heterocycles. The largest absolute Gasteiger partial charge is 0.507 e. The summed E-state index contributed by atoms with van der Waals surface area (Å²) in [5, 5.41) is 10.4.